The van der Waals surface area contributed by atoms with Crippen LogP contribution in [0.4, 0.5) is 0 Å². The van der Waals surface area contributed by atoms with Crippen molar-refractivity contribution >= 4 is 17.5 Å². The number of terminal acetylenes is 1. The van der Waals surface area contributed by atoms with Gasteiger partial charge in [-0.1, -0.05) is 31.5 Å². The maximum atomic E-state index is 11.5. The minimum atomic E-state index is -0.165. The second-order valence-corrected chi connectivity index (χ2v) is 4.79. The van der Waals surface area contributed by atoms with Gasteiger partial charge in [-0.15, -0.1) is 16.6 Å². The van der Waals surface area contributed by atoms with Crippen LogP contribution in [-0.2, 0) is 0 Å². The van der Waals surface area contributed by atoms with Gasteiger partial charge in [-0.05, 0) is 5.92 Å². The molecule has 2 heterocycles. The van der Waals surface area contributed by atoms with Crippen LogP contribution in [0.3, 0.4) is 0 Å². The first-order valence-electron chi connectivity index (χ1n) is 5.18. The molecule has 0 unspecified atom stereocenters. The molecule has 0 aliphatic carbocycles. The Bertz CT molecular complexity index is 635. The number of thioether (sulfide) groups is 1. The van der Waals surface area contributed by atoms with Crippen LogP contribution in [0.1, 0.15) is 25.5 Å². The molecule has 0 spiro atoms. The van der Waals surface area contributed by atoms with Crippen molar-refractivity contribution in [3.05, 3.63) is 22.1 Å². The van der Waals surface area contributed by atoms with Crippen LogP contribution in [0.5, 0.6) is 0 Å². The van der Waals surface area contributed by atoms with E-state index in [1.165, 1.54) is 11.8 Å². The van der Waals surface area contributed by atoms with E-state index in [1.807, 2.05) is 18.2 Å². The third-order valence-electron chi connectivity index (χ3n) is 2.28. The molecule has 1 N–H and O–H groups in total. The number of nitrogens with one attached hydrogen (secondary N) is 1. The summed E-state index contributed by atoms with van der Waals surface area (Å²) in [5.74, 6) is 3.73. The summed E-state index contributed by atoms with van der Waals surface area (Å²) in [5, 5.41) is 8.68. The third-order valence-corrected chi connectivity index (χ3v) is 3.12. The number of hydrogen-bond donors (Lipinski definition) is 1. The van der Waals surface area contributed by atoms with E-state index in [1.54, 1.807) is 6.07 Å². The van der Waals surface area contributed by atoms with E-state index in [0.29, 0.717) is 16.7 Å². The number of rotatable bonds is 3. The first kappa shape index (κ1) is 11.7. The molecule has 0 saturated heterocycles. The summed E-state index contributed by atoms with van der Waals surface area (Å²) >= 11 is 1.43. The zero-order chi connectivity index (χ0) is 12.4. The topological polar surface area (TPSA) is 63.0 Å². The lowest BCUT2D eigenvalue weighted by Gasteiger charge is -2.08. The second kappa shape index (κ2) is 4.63. The van der Waals surface area contributed by atoms with Crippen molar-refractivity contribution < 1.29 is 0 Å². The molecule has 0 aliphatic heterocycles. The van der Waals surface area contributed by atoms with Crippen LogP contribution in [-0.4, -0.2) is 25.3 Å². The highest BCUT2D eigenvalue weighted by atomic mass is 32.2. The van der Waals surface area contributed by atoms with Gasteiger partial charge in [-0.25, -0.2) is 0 Å². The van der Waals surface area contributed by atoms with E-state index < -0.39 is 0 Å². The number of H-pyrrole nitrogens is 1. The van der Waals surface area contributed by atoms with Gasteiger partial charge in [-0.3, -0.25) is 14.2 Å². The smallest absolute Gasteiger partial charge is 0.252 e. The Kier molecular flexibility index (Phi) is 3.20. The number of fused-ring (bicyclic) bond motifs is 1. The average molecular weight is 248 g/mol. The van der Waals surface area contributed by atoms with Gasteiger partial charge in [0.1, 0.15) is 0 Å². The first-order chi connectivity index (χ1) is 8.13. The van der Waals surface area contributed by atoms with Gasteiger partial charge in [-0.2, -0.15) is 0 Å². The van der Waals surface area contributed by atoms with Crippen molar-refractivity contribution in [1.29, 1.82) is 0 Å². The molecule has 0 aromatic carbocycles. The van der Waals surface area contributed by atoms with Gasteiger partial charge in [0.25, 0.3) is 5.56 Å². The molecule has 0 atom stereocenters. The standard InChI is InChI=1S/C11H12N4OS/c1-4-5-17-11-14-13-10-12-9(16)6-8(7(2)3)15(10)11/h1,6-7H,5H2,2-3H3,(H,12,13,16). The Morgan fingerprint density at radius 3 is 3.00 bits per heavy atom. The van der Waals surface area contributed by atoms with Crippen molar-refractivity contribution in [2.75, 3.05) is 5.75 Å². The predicted octanol–water partition coefficient (Wildman–Crippen LogP) is 1.27. The molecule has 5 nitrogen and oxygen atoms in total. The fourth-order valence-corrected chi connectivity index (χ4v) is 2.19. The lowest BCUT2D eigenvalue weighted by atomic mass is 10.1. The maximum Gasteiger partial charge on any atom is 0.252 e. The van der Waals surface area contributed by atoms with E-state index in [9.17, 15) is 4.79 Å². The highest BCUT2D eigenvalue weighted by Gasteiger charge is 2.13. The van der Waals surface area contributed by atoms with Crippen LogP contribution >= 0.6 is 11.8 Å². The molecule has 2 aromatic heterocycles. The number of nitrogens with zero attached hydrogens (tertiary/aromatic N) is 3. The highest BCUT2D eigenvalue weighted by molar-refractivity contribution is 7.99. The molecule has 2 aromatic rings. The van der Waals surface area contributed by atoms with Crippen molar-refractivity contribution in [2.45, 2.75) is 24.9 Å². The summed E-state index contributed by atoms with van der Waals surface area (Å²) in [5.41, 5.74) is 0.718. The quantitative estimate of drug-likeness (QED) is 0.656. The fraction of sp³-hybridized carbons (Fsp3) is 0.364. The largest absolute Gasteiger partial charge is 0.291 e. The molecule has 0 radical (unpaired) electrons. The molecule has 6 heteroatoms. The van der Waals surface area contributed by atoms with Crippen molar-refractivity contribution in [2.24, 2.45) is 0 Å². The Morgan fingerprint density at radius 1 is 1.59 bits per heavy atom. The fourth-order valence-electron chi connectivity index (χ4n) is 1.55. The summed E-state index contributed by atoms with van der Waals surface area (Å²) in [6, 6.07) is 1.57. The summed E-state index contributed by atoms with van der Waals surface area (Å²) in [6.45, 7) is 4.04. The van der Waals surface area contributed by atoms with Crippen LogP contribution < -0.4 is 5.56 Å². The van der Waals surface area contributed by atoms with Gasteiger partial charge in [0.2, 0.25) is 5.78 Å². The molecular formula is C11H12N4OS. The molecule has 17 heavy (non-hydrogen) atoms. The molecule has 0 fully saturated rings. The highest BCUT2D eigenvalue weighted by Crippen LogP contribution is 2.20. The lowest BCUT2D eigenvalue weighted by molar-refractivity contribution is 0.754. The Morgan fingerprint density at radius 2 is 2.35 bits per heavy atom. The van der Waals surface area contributed by atoms with E-state index >= 15 is 0 Å². The van der Waals surface area contributed by atoms with Crippen molar-refractivity contribution in [3.8, 4) is 12.3 Å². The zero-order valence-electron chi connectivity index (χ0n) is 9.60. The van der Waals surface area contributed by atoms with Gasteiger partial charge in [0.05, 0.1) is 5.75 Å². The molecule has 0 bridgehead atoms. The monoisotopic (exact) mass is 248 g/mol. The minimum absolute atomic E-state index is 0.165. The second-order valence-electron chi connectivity index (χ2n) is 3.85. The number of aromatic nitrogens is 4. The zero-order valence-corrected chi connectivity index (χ0v) is 10.4. The van der Waals surface area contributed by atoms with E-state index in [0.717, 1.165) is 5.69 Å². The molecule has 88 valence electrons. The van der Waals surface area contributed by atoms with Crippen molar-refractivity contribution in [1.82, 2.24) is 19.6 Å². The predicted molar refractivity (Wildman–Crippen MR) is 67.3 cm³/mol. The molecule has 2 rings (SSSR count). The van der Waals surface area contributed by atoms with Gasteiger partial charge < -0.3 is 0 Å². The van der Waals surface area contributed by atoms with E-state index in [-0.39, 0.29) is 11.5 Å². The molecule has 0 aliphatic rings. The Labute approximate surface area is 103 Å². The molecule has 0 saturated carbocycles. The van der Waals surface area contributed by atoms with Crippen LogP contribution in [0.15, 0.2) is 16.0 Å². The lowest BCUT2D eigenvalue weighted by Crippen LogP contribution is -2.12. The van der Waals surface area contributed by atoms with Gasteiger partial charge in [0, 0.05) is 11.8 Å². The van der Waals surface area contributed by atoms with Crippen molar-refractivity contribution in [3.63, 3.8) is 0 Å². The van der Waals surface area contributed by atoms with Gasteiger partial charge >= 0.3 is 0 Å². The van der Waals surface area contributed by atoms with Crippen LogP contribution in [0, 0.1) is 12.3 Å². The first-order valence-corrected chi connectivity index (χ1v) is 6.16. The molecular weight excluding hydrogens is 236 g/mol. The SMILES string of the molecule is C#CCSc1nnc2[nH]c(=O)cc(C(C)C)n12. The summed E-state index contributed by atoms with van der Waals surface area (Å²) < 4.78 is 1.84. The summed E-state index contributed by atoms with van der Waals surface area (Å²) in [4.78, 5) is 14.1. The molecule has 0 amide bonds. The summed E-state index contributed by atoms with van der Waals surface area (Å²) in [7, 11) is 0. The van der Waals surface area contributed by atoms with Crippen LogP contribution in [0.2, 0.25) is 0 Å². The maximum absolute atomic E-state index is 11.5. The Hall–Kier alpha value is -1.74. The van der Waals surface area contributed by atoms with E-state index in [2.05, 4.69) is 21.1 Å². The number of hydrogen-bond acceptors (Lipinski definition) is 4. The normalized spacial score (nSPS) is 10.9. The summed E-state index contributed by atoms with van der Waals surface area (Å²) in [6.07, 6.45) is 5.23. The minimum Gasteiger partial charge on any atom is -0.291 e. The van der Waals surface area contributed by atoms with Crippen LogP contribution in [0.25, 0.3) is 5.78 Å². The van der Waals surface area contributed by atoms with Gasteiger partial charge in [0.15, 0.2) is 5.16 Å². The number of aromatic amines is 1. The van der Waals surface area contributed by atoms with E-state index in [4.69, 9.17) is 6.42 Å². The average Bonchev–Trinajstić information content (AvgIpc) is 2.68. The third kappa shape index (κ3) is 2.19. The Balaban J connectivity index is 2.65.